The Morgan fingerprint density at radius 3 is 2.48 bits per heavy atom. The summed E-state index contributed by atoms with van der Waals surface area (Å²) in [4.78, 5) is -0.0801. The van der Waals surface area contributed by atoms with Crippen LogP contribution in [-0.4, -0.2) is 8.42 Å². The number of rotatable bonds is 4. The highest BCUT2D eigenvalue weighted by Gasteiger charge is 2.13. The van der Waals surface area contributed by atoms with E-state index in [4.69, 9.17) is 22.5 Å². The second kappa shape index (κ2) is 5.93. The summed E-state index contributed by atoms with van der Waals surface area (Å²) < 4.78 is 22.6. The predicted octanol–water partition coefficient (Wildman–Crippen LogP) is 2.74. The van der Waals surface area contributed by atoms with Gasteiger partial charge in [-0.25, -0.2) is 13.6 Å². The van der Waals surface area contributed by atoms with E-state index in [1.807, 2.05) is 25.1 Å². The molecule has 0 heterocycles. The van der Waals surface area contributed by atoms with Gasteiger partial charge in [0.05, 0.1) is 5.69 Å². The number of halogens is 1. The second-order valence-corrected chi connectivity index (χ2v) is 6.68. The van der Waals surface area contributed by atoms with Gasteiger partial charge in [-0.05, 0) is 42.8 Å². The van der Waals surface area contributed by atoms with Crippen molar-refractivity contribution in [2.45, 2.75) is 17.9 Å². The van der Waals surface area contributed by atoms with Crippen LogP contribution >= 0.6 is 11.6 Å². The molecule has 2 aromatic carbocycles. The predicted molar refractivity (Wildman–Crippen MR) is 85.7 cm³/mol. The molecule has 0 aromatic heterocycles. The Balaban J connectivity index is 2.23. The summed E-state index contributed by atoms with van der Waals surface area (Å²) in [5.41, 5.74) is 7.55. The zero-order chi connectivity index (χ0) is 15.6. The van der Waals surface area contributed by atoms with Crippen molar-refractivity contribution < 1.29 is 8.42 Å². The van der Waals surface area contributed by atoms with Gasteiger partial charge in [0, 0.05) is 16.8 Å². The third-order valence-corrected chi connectivity index (χ3v) is 4.27. The first-order valence-corrected chi connectivity index (χ1v) is 8.14. The van der Waals surface area contributed by atoms with Crippen molar-refractivity contribution in [3.8, 4) is 0 Å². The molecule has 1 unspecified atom stereocenters. The number of benzene rings is 2. The van der Waals surface area contributed by atoms with Crippen LogP contribution in [0.2, 0.25) is 5.02 Å². The van der Waals surface area contributed by atoms with Crippen LogP contribution in [0.3, 0.4) is 0 Å². The number of hydrogen-bond donors (Lipinski definition) is 3. The Hall–Kier alpha value is -1.76. The van der Waals surface area contributed by atoms with Gasteiger partial charge >= 0.3 is 0 Å². The van der Waals surface area contributed by atoms with Gasteiger partial charge in [0.25, 0.3) is 0 Å². The van der Waals surface area contributed by atoms with Gasteiger partial charge in [-0.3, -0.25) is 0 Å². The van der Waals surface area contributed by atoms with Crippen molar-refractivity contribution in [2.75, 3.05) is 11.1 Å². The molecule has 0 saturated heterocycles. The van der Waals surface area contributed by atoms with E-state index in [-0.39, 0.29) is 16.6 Å². The van der Waals surface area contributed by atoms with E-state index < -0.39 is 10.0 Å². The van der Waals surface area contributed by atoms with Crippen molar-refractivity contribution in [3.63, 3.8) is 0 Å². The molecular formula is C14H16ClN3O2S. The van der Waals surface area contributed by atoms with Gasteiger partial charge in [0.2, 0.25) is 10.0 Å². The minimum atomic E-state index is -3.81. The smallest absolute Gasteiger partial charge is 0.240 e. The van der Waals surface area contributed by atoms with Gasteiger partial charge < -0.3 is 11.1 Å². The Bertz CT molecular complexity index is 763. The molecule has 112 valence electrons. The number of nitrogens with one attached hydrogen (secondary N) is 1. The Morgan fingerprint density at radius 2 is 1.90 bits per heavy atom. The van der Waals surface area contributed by atoms with Gasteiger partial charge in [-0.2, -0.15) is 0 Å². The molecule has 0 aliphatic carbocycles. The molecule has 0 radical (unpaired) electrons. The van der Waals surface area contributed by atoms with E-state index in [1.54, 1.807) is 18.2 Å². The molecule has 0 amide bonds. The first-order valence-electron chi connectivity index (χ1n) is 6.21. The maximum atomic E-state index is 11.3. The number of nitrogen functional groups attached to an aromatic ring is 1. The number of anilines is 2. The summed E-state index contributed by atoms with van der Waals surface area (Å²) in [5.74, 6) is 0. The van der Waals surface area contributed by atoms with E-state index in [0.717, 1.165) is 5.56 Å². The summed E-state index contributed by atoms with van der Waals surface area (Å²) >= 11 is 5.96. The molecule has 0 aliphatic heterocycles. The molecule has 0 saturated carbocycles. The van der Waals surface area contributed by atoms with Crippen LogP contribution in [-0.2, 0) is 10.0 Å². The summed E-state index contributed by atoms with van der Waals surface area (Å²) in [6.45, 7) is 1.97. The number of sulfonamides is 1. The lowest BCUT2D eigenvalue weighted by Gasteiger charge is -2.17. The SMILES string of the molecule is CC(Nc1ccc(S(N)(=O)=O)c(N)c1)c1cccc(Cl)c1. The molecule has 1 atom stereocenters. The molecule has 5 nitrogen and oxygen atoms in total. The molecule has 7 heteroatoms. The highest BCUT2D eigenvalue weighted by molar-refractivity contribution is 7.89. The highest BCUT2D eigenvalue weighted by atomic mass is 35.5. The lowest BCUT2D eigenvalue weighted by Crippen LogP contribution is -2.14. The third kappa shape index (κ3) is 3.87. The Kier molecular flexibility index (Phi) is 4.41. The third-order valence-electron chi connectivity index (χ3n) is 3.05. The fraction of sp³-hybridized carbons (Fsp3) is 0.143. The summed E-state index contributed by atoms with van der Waals surface area (Å²) in [5, 5.41) is 8.96. The molecule has 2 rings (SSSR count). The number of hydrogen-bond acceptors (Lipinski definition) is 4. The molecular weight excluding hydrogens is 310 g/mol. The topological polar surface area (TPSA) is 98.2 Å². The van der Waals surface area contributed by atoms with Gasteiger partial charge in [0.15, 0.2) is 0 Å². The van der Waals surface area contributed by atoms with Crippen molar-refractivity contribution in [2.24, 2.45) is 5.14 Å². The zero-order valence-electron chi connectivity index (χ0n) is 11.4. The highest BCUT2D eigenvalue weighted by Crippen LogP contribution is 2.25. The number of primary sulfonamides is 1. The van der Waals surface area contributed by atoms with Crippen LogP contribution in [0.25, 0.3) is 0 Å². The molecule has 0 spiro atoms. The average molecular weight is 326 g/mol. The van der Waals surface area contributed by atoms with Crippen molar-refractivity contribution in [1.82, 2.24) is 0 Å². The normalized spacial score (nSPS) is 12.9. The largest absolute Gasteiger partial charge is 0.398 e. The Labute approximate surface area is 129 Å². The molecule has 21 heavy (non-hydrogen) atoms. The maximum Gasteiger partial charge on any atom is 0.240 e. The van der Waals surface area contributed by atoms with Crippen LogP contribution in [0.4, 0.5) is 11.4 Å². The van der Waals surface area contributed by atoms with Crippen molar-refractivity contribution >= 4 is 33.0 Å². The van der Waals surface area contributed by atoms with Gasteiger partial charge in [-0.1, -0.05) is 23.7 Å². The van der Waals surface area contributed by atoms with E-state index in [9.17, 15) is 8.42 Å². The van der Waals surface area contributed by atoms with Crippen LogP contribution < -0.4 is 16.2 Å². The summed E-state index contributed by atoms with van der Waals surface area (Å²) in [6.07, 6.45) is 0. The van der Waals surface area contributed by atoms with Crippen LogP contribution in [0.15, 0.2) is 47.4 Å². The van der Waals surface area contributed by atoms with Crippen molar-refractivity contribution in [1.29, 1.82) is 0 Å². The molecule has 0 bridgehead atoms. The minimum Gasteiger partial charge on any atom is -0.398 e. The molecule has 0 aliphatic rings. The van der Waals surface area contributed by atoms with E-state index >= 15 is 0 Å². The lowest BCUT2D eigenvalue weighted by atomic mass is 10.1. The van der Waals surface area contributed by atoms with E-state index in [1.165, 1.54) is 6.07 Å². The monoisotopic (exact) mass is 325 g/mol. The maximum absolute atomic E-state index is 11.3. The van der Waals surface area contributed by atoms with E-state index in [2.05, 4.69) is 5.32 Å². The first kappa shape index (κ1) is 15.6. The van der Waals surface area contributed by atoms with Crippen molar-refractivity contribution in [3.05, 3.63) is 53.1 Å². The van der Waals surface area contributed by atoms with Crippen LogP contribution in [0.1, 0.15) is 18.5 Å². The van der Waals surface area contributed by atoms with Gasteiger partial charge in [0.1, 0.15) is 4.90 Å². The number of nitrogens with two attached hydrogens (primary N) is 2. The molecule has 2 aromatic rings. The quantitative estimate of drug-likeness (QED) is 0.753. The van der Waals surface area contributed by atoms with Crippen LogP contribution in [0, 0.1) is 0 Å². The average Bonchev–Trinajstić information content (AvgIpc) is 2.37. The summed E-state index contributed by atoms with van der Waals surface area (Å²) in [6, 6.07) is 12.0. The standard InChI is InChI=1S/C14H16ClN3O2S/c1-9(10-3-2-4-11(15)7-10)18-12-5-6-14(13(16)8-12)21(17,19)20/h2-9,18H,16H2,1H3,(H2,17,19,20). The lowest BCUT2D eigenvalue weighted by molar-refractivity contribution is 0.598. The van der Waals surface area contributed by atoms with Crippen LogP contribution in [0.5, 0.6) is 0 Å². The fourth-order valence-electron chi connectivity index (χ4n) is 2.01. The molecule has 5 N–H and O–H groups in total. The van der Waals surface area contributed by atoms with E-state index in [0.29, 0.717) is 10.7 Å². The minimum absolute atomic E-state index is 0.0107. The fourth-order valence-corrected chi connectivity index (χ4v) is 2.85. The van der Waals surface area contributed by atoms with Gasteiger partial charge in [-0.15, -0.1) is 0 Å². The first-order chi connectivity index (χ1) is 9.77. The Morgan fingerprint density at radius 1 is 1.19 bits per heavy atom. The second-order valence-electron chi connectivity index (χ2n) is 4.72. The zero-order valence-corrected chi connectivity index (χ0v) is 12.9. The summed E-state index contributed by atoms with van der Waals surface area (Å²) in [7, 11) is -3.81. The molecule has 0 fully saturated rings.